The molecule has 2 aromatic carbocycles. The predicted molar refractivity (Wildman–Crippen MR) is 127 cm³/mol. The van der Waals surface area contributed by atoms with Gasteiger partial charge in [0.15, 0.2) is 0 Å². The van der Waals surface area contributed by atoms with Crippen molar-refractivity contribution in [2.75, 3.05) is 19.7 Å². The lowest BCUT2D eigenvalue weighted by Crippen LogP contribution is -2.37. The van der Waals surface area contributed by atoms with E-state index in [2.05, 4.69) is 31.7 Å². The smallest absolute Gasteiger partial charge is 0.338 e. The molecule has 1 fully saturated rings. The van der Waals surface area contributed by atoms with E-state index in [1.165, 1.54) is 6.92 Å². The Morgan fingerprint density at radius 3 is 2.48 bits per heavy atom. The molecule has 6 nitrogen and oxygen atoms in total. The lowest BCUT2D eigenvalue weighted by atomic mass is 9.88. The van der Waals surface area contributed by atoms with Gasteiger partial charge in [0.2, 0.25) is 0 Å². The van der Waals surface area contributed by atoms with Crippen molar-refractivity contribution in [3.63, 3.8) is 0 Å². The van der Waals surface area contributed by atoms with E-state index in [9.17, 15) is 14.7 Å². The summed E-state index contributed by atoms with van der Waals surface area (Å²) in [6, 6.07) is 12.4. The van der Waals surface area contributed by atoms with Crippen LogP contribution in [0.3, 0.4) is 0 Å². The molecular formula is C27H35NO5. The third-order valence-corrected chi connectivity index (χ3v) is 5.68. The molecule has 2 aromatic rings. The highest BCUT2D eigenvalue weighted by molar-refractivity contribution is 5.89. The minimum Gasteiger partial charge on any atom is -0.508 e. The molecule has 1 heterocycles. The summed E-state index contributed by atoms with van der Waals surface area (Å²) in [4.78, 5) is 25.7. The van der Waals surface area contributed by atoms with E-state index in [0.29, 0.717) is 30.2 Å². The normalized spacial score (nSPS) is 16.9. The Kier molecular flexibility index (Phi) is 8.14. The van der Waals surface area contributed by atoms with Crippen molar-refractivity contribution in [1.29, 1.82) is 0 Å². The maximum absolute atomic E-state index is 12.4. The van der Waals surface area contributed by atoms with Crippen molar-refractivity contribution in [1.82, 2.24) is 4.90 Å². The molecule has 0 radical (unpaired) electrons. The fourth-order valence-electron chi connectivity index (χ4n) is 4.24. The van der Waals surface area contributed by atoms with Gasteiger partial charge in [-0.05, 0) is 67.1 Å². The van der Waals surface area contributed by atoms with Crippen molar-refractivity contribution >= 4 is 11.9 Å². The second-order valence-electron chi connectivity index (χ2n) is 10.2. The Balaban J connectivity index is 1.50. The summed E-state index contributed by atoms with van der Waals surface area (Å²) >= 11 is 0. The Hall–Kier alpha value is -2.86. The quantitative estimate of drug-likeness (QED) is 0.471. The van der Waals surface area contributed by atoms with Gasteiger partial charge in [-0.3, -0.25) is 9.69 Å². The van der Waals surface area contributed by atoms with Gasteiger partial charge in [-0.25, -0.2) is 4.79 Å². The fourth-order valence-corrected chi connectivity index (χ4v) is 4.24. The number of carbonyl (C=O) groups is 2. The van der Waals surface area contributed by atoms with Gasteiger partial charge in [0.25, 0.3) is 0 Å². The van der Waals surface area contributed by atoms with E-state index >= 15 is 0 Å². The molecule has 1 unspecified atom stereocenters. The number of ether oxygens (including phenoxy) is 2. The highest BCUT2D eigenvalue weighted by Gasteiger charge is 2.23. The lowest BCUT2D eigenvalue weighted by molar-refractivity contribution is -0.131. The van der Waals surface area contributed by atoms with Crippen LogP contribution in [0.1, 0.15) is 62.0 Å². The van der Waals surface area contributed by atoms with Crippen molar-refractivity contribution in [2.24, 2.45) is 11.3 Å². The third-order valence-electron chi connectivity index (χ3n) is 5.68. The minimum atomic E-state index is -0.402. The van der Waals surface area contributed by atoms with Gasteiger partial charge in [-0.15, -0.1) is 0 Å². The summed E-state index contributed by atoms with van der Waals surface area (Å²) in [5.74, 6) is 0.222. The highest BCUT2D eigenvalue weighted by Crippen LogP contribution is 2.27. The topological polar surface area (TPSA) is 76.1 Å². The number of carbonyl (C=O) groups excluding carboxylic acids is 2. The number of aromatic hydroxyl groups is 1. The maximum Gasteiger partial charge on any atom is 0.338 e. The Morgan fingerprint density at radius 2 is 1.85 bits per heavy atom. The average Bonchev–Trinajstić information content (AvgIpc) is 2.73. The van der Waals surface area contributed by atoms with Crippen LogP contribution in [0.25, 0.3) is 0 Å². The van der Waals surface area contributed by atoms with Crippen molar-refractivity contribution in [3.8, 4) is 11.5 Å². The molecule has 0 aliphatic carbocycles. The first-order chi connectivity index (χ1) is 15.6. The first-order valence-electron chi connectivity index (χ1n) is 11.6. The Bertz CT molecular complexity index is 961. The largest absolute Gasteiger partial charge is 0.508 e. The van der Waals surface area contributed by atoms with Crippen molar-refractivity contribution < 1.29 is 24.2 Å². The van der Waals surface area contributed by atoms with Crippen LogP contribution in [0.2, 0.25) is 0 Å². The van der Waals surface area contributed by atoms with E-state index in [1.807, 2.05) is 12.1 Å². The Labute approximate surface area is 196 Å². The molecule has 6 heteroatoms. The van der Waals surface area contributed by atoms with Gasteiger partial charge < -0.3 is 14.6 Å². The molecule has 1 N–H and O–H groups in total. The van der Waals surface area contributed by atoms with Gasteiger partial charge in [0.05, 0.1) is 12.2 Å². The monoisotopic (exact) mass is 453 g/mol. The first-order valence-corrected chi connectivity index (χ1v) is 11.6. The minimum absolute atomic E-state index is 0.176. The number of nitrogens with zero attached hydrogens (tertiary/aromatic N) is 1. The molecule has 0 bridgehead atoms. The molecular weight excluding hydrogens is 418 g/mol. The van der Waals surface area contributed by atoms with Crippen LogP contribution in [0, 0.1) is 11.3 Å². The summed E-state index contributed by atoms with van der Waals surface area (Å²) in [5.41, 5.74) is 2.68. The van der Waals surface area contributed by atoms with Crippen LogP contribution < -0.4 is 4.74 Å². The number of esters is 2. The van der Waals surface area contributed by atoms with Gasteiger partial charge in [-0.1, -0.05) is 32.9 Å². The lowest BCUT2D eigenvalue weighted by Gasteiger charge is -2.32. The van der Waals surface area contributed by atoms with Crippen LogP contribution in [-0.4, -0.2) is 41.6 Å². The molecule has 1 aliphatic heterocycles. The van der Waals surface area contributed by atoms with Crippen molar-refractivity contribution in [2.45, 2.75) is 53.5 Å². The van der Waals surface area contributed by atoms with Crippen LogP contribution in [0.5, 0.6) is 11.5 Å². The van der Waals surface area contributed by atoms with E-state index in [-0.39, 0.29) is 17.3 Å². The number of hydrogen-bond donors (Lipinski definition) is 1. The van der Waals surface area contributed by atoms with Gasteiger partial charge in [0, 0.05) is 31.5 Å². The summed E-state index contributed by atoms with van der Waals surface area (Å²) in [6.07, 6.45) is 2.96. The van der Waals surface area contributed by atoms with E-state index in [1.54, 1.807) is 24.3 Å². The molecule has 0 spiro atoms. The summed E-state index contributed by atoms with van der Waals surface area (Å²) < 4.78 is 10.5. The number of hydrogen-bond acceptors (Lipinski definition) is 6. The summed E-state index contributed by atoms with van der Waals surface area (Å²) in [5, 5.41) is 10.5. The molecule has 1 saturated heterocycles. The van der Waals surface area contributed by atoms with Crippen LogP contribution in [0.4, 0.5) is 0 Å². The number of piperidine rings is 1. The zero-order chi connectivity index (χ0) is 24.0. The number of likely N-dealkylation sites (tertiary alicyclic amines) is 1. The Morgan fingerprint density at radius 1 is 1.12 bits per heavy atom. The number of phenolic OH excluding ortho intramolecular Hbond substituents is 1. The van der Waals surface area contributed by atoms with E-state index in [0.717, 1.165) is 43.5 Å². The van der Waals surface area contributed by atoms with E-state index < -0.39 is 5.97 Å². The zero-order valence-corrected chi connectivity index (χ0v) is 20.1. The van der Waals surface area contributed by atoms with Gasteiger partial charge >= 0.3 is 11.9 Å². The standard InChI is InChI=1S/C27H35NO5/c1-19(29)33-24-11-9-22(10-12-24)26(31)32-18-21-6-5-13-28(16-21)17-23-8-7-20(14-25(23)30)15-27(2,3)4/h7-12,14,21,30H,5-6,13,15-18H2,1-4H3. The fraction of sp³-hybridized carbons (Fsp3) is 0.481. The van der Waals surface area contributed by atoms with Gasteiger partial charge in [-0.2, -0.15) is 0 Å². The average molecular weight is 454 g/mol. The van der Waals surface area contributed by atoms with Crippen molar-refractivity contribution in [3.05, 3.63) is 59.2 Å². The summed E-state index contributed by atoms with van der Waals surface area (Å²) in [7, 11) is 0. The third kappa shape index (κ3) is 7.90. The molecule has 0 aromatic heterocycles. The predicted octanol–water partition coefficient (Wildman–Crippen LogP) is 4.98. The molecule has 0 saturated carbocycles. The van der Waals surface area contributed by atoms with Crippen LogP contribution in [0.15, 0.2) is 42.5 Å². The van der Waals surface area contributed by atoms with E-state index in [4.69, 9.17) is 9.47 Å². The molecule has 0 amide bonds. The molecule has 1 atom stereocenters. The first kappa shape index (κ1) is 24.8. The molecule has 3 rings (SSSR count). The number of rotatable bonds is 7. The number of phenols is 1. The highest BCUT2D eigenvalue weighted by atomic mass is 16.5. The molecule has 1 aliphatic rings. The summed E-state index contributed by atoms with van der Waals surface area (Å²) in [6.45, 7) is 10.7. The maximum atomic E-state index is 12.4. The van der Waals surface area contributed by atoms with Crippen LogP contribution in [-0.2, 0) is 22.5 Å². The molecule has 33 heavy (non-hydrogen) atoms. The van der Waals surface area contributed by atoms with Crippen LogP contribution >= 0.6 is 0 Å². The molecule has 178 valence electrons. The number of benzene rings is 2. The van der Waals surface area contributed by atoms with Gasteiger partial charge in [0.1, 0.15) is 11.5 Å². The second-order valence-corrected chi connectivity index (χ2v) is 10.2. The SMILES string of the molecule is CC(=O)Oc1ccc(C(=O)OCC2CCCN(Cc3ccc(CC(C)(C)C)cc3O)C2)cc1. The second kappa shape index (κ2) is 10.8. The zero-order valence-electron chi connectivity index (χ0n) is 20.1.